The molecular formula is C19H37N. The summed E-state index contributed by atoms with van der Waals surface area (Å²) in [6.07, 6.45) is 11.4. The summed E-state index contributed by atoms with van der Waals surface area (Å²) in [6, 6.07) is 0.862. The van der Waals surface area contributed by atoms with Gasteiger partial charge in [-0.3, -0.25) is 0 Å². The van der Waals surface area contributed by atoms with Crippen LogP contribution in [-0.2, 0) is 0 Å². The Kier molecular flexibility index (Phi) is 5.21. The summed E-state index contributed by atoms with van der Waals surface area (Å²) >= 11 is 0. The second-order valence-electron chi connectivity index (χ2n) is 8.85. The van der Waals surface area contributed by atoms with Crippen LogP contribution in [0.5, 0.6) is 0 Å². The van der Waals surface area contributed by atoms with E-state index in [2.05, 4.69) is 39.9 Å². The lowest BCUT2D eigenvalue weighted by atomic mass is 9.59. The van der Waals surface area contributed by atoms with Crippen molar-refractivity contribution in [2.45, 2.75) is 92.0 Å². The van der Waals surface area contributed by atoms with Gasteiger partial charge >= 0.3 is 0 Å². The van der Waals surface area contributed by atoms with E-state index in [0.29, 0.717) is 10.8 Å². The maximum atomic E-state index is 3.86. The fourth-order valence-electron chi connectivity index (χ4n) is 4.28. The van der Waals surface area contributed by atoms with Crippen LogP contribution in [0.15, 0.2) is 0 Å². The molecule has 0 aliphatic heterocycles. The van der Waals surface area contributed by atoms with Gasteiger partial charge < -0.3 is 5.32 Å². The van der Waals surface area contributed by atoms with Gasteiger partial charge in [-0.1, -0.05) is 47.5 Å². The predicted octanol–water partition coefficient (Wildman–Crippen LogP) is 5.40. The van der Waals surface area contributed by atoms with Crippen molar-refractivity contribution in [1.82, 2.24) is 5.32 Å². The zero-order valence-electron chi connectivity index (χ0n) is 14.6. The molecule has 2 fully saturated rings. The molecule has 0 aromatic rings. The first-order valence-corrected chi connectivity index (χ1v) is 9.11. The molecule has 0 aromatic heterocycles. The molecule has 0 bridgehead atoms. The maximum Gasteiger partial charge on any atom is 0.00684 e. The second kappa shape index (κ2) is 6.38. The maximum absolute atomic E-state index is 3.86. The molecule has 1 N–H and O–H groups in total. The molecule has 2 aliphatic carbocycles. The topological polar surface area (TPSA) is 12.0 Å². The summed E-state index contributed by atoms with van der Waals surface area (Å²) in [5.41, 5.74) is 1.10. The van der Waals surface area contributed by atoms with Crippen molar-refractivity contribution in [3.63, 3.8) is 0 Å². The minimum atomic E-state index is 0.504. The van der Waals surface area contributed by atoms with E-state index in [-0.39, 0.29) is 0 Å². The van der Waals surface area contributed by atoms with Crippen LogP contribution in [-0.4, -0.2) is 12.6 Å². The molecule has 0 saturated heterocycles. The molecule has 1 atom stereocenters. The highest BCUT2D eigenvalue weighted by Crippen LogP contribution is 2.49. The van der Waals surface area contributed by atoms with Gasteiger partial charge in [-0.2, -0.15) is 0 Å². The first-order chi connectivity index (χ1) is 9.37. The predicted molar refractivity (Wildman–Crippen MR) is 88.9 cm³/mol. The Morgan fingerprint density at radius 2 is 1.70 bits per heavy atom. The van der Waals surface area contributed by atoms with Crippen LogP contribution in [0.4, 0.5) is 0 Å². The van der Waals surface area contributed by atoms with Crippen LogP contribution in [0.1, 0.15) is 86.0 Å². The molecule has 1 nitrogen and oxygen atoms in total. The third-order valence-electron chi connectivity index (χ3n) is 6.29. The molecule has 118 valence electrons. The minimum Gasteiger partial charge on any atom is -0.313 e. The van der Waals surface area contributed by atoms with Gasteiger partial charge in [0, 0.05) is 12.6 Å². The smallest absolute Gasteiger partial charge is 0.00684 e. The van der Waals surface area contributed by atoms with E-state index in [1.165, 1.54) is 57.9 Å². The number of rotatable bonds is 6. The molecule has 1 unspecified atom stereocenters. The van der Waals surface area contributed by atoms with E-state index in [9.17, 15) is 0 Å². The molecule has 0 spiro atoms. The van der Waals surface area contributed by atoms with Crippen LogP contribution in [0.25, 0.3) is 0 Å². The normalized spacial score (nSPS) is 33.1. The van der Waals surface area contributed by atoms with Crippen LogP contribution < -0.4 is 5.32 Å². The molecule has 1 heteroatoms. The molecule has 0 heterocycles. The number of hydrogen-bond donors (Lipinski definition) is 1. The van der Waals surface area contributed by atoms with Crippen molar-refractivity contribution in [3.8, 4) is 0 Å². The molecule has 0 amide bonds. The number of nitrogens with one attached hydrogen (secondary N) is 1. The molecule has 2 saturated carbocycles. The average Bonchev–Trinajstić information content (AvgIpc) is 3.20. The molecule has 2 aliphatic rings. The Balaban J connectivity index is 1.97. The van der Waals surface area contributed by atoms with E-state index in [1.807, 2.05) is 0 Å². The van der Waals surface area contributed by atoms with Crippen molar-refractivity contribution in [1.29, 1.82) is 0 Å². The highest BCUT2D eigenvalue weighted by atomic mass is 15.0. The Labute approximate surface area is 127 Å². The Morgan fingerprint density at radius 3 is 2.15 bits per heavy atom. The van der Waals surface area contributed by atoms with Gasteiger partial charge in [0.05, 0.1) is 0 Å². The Hall–Kier alpha value is -0.0400. The van der Waals surface area contributed by atoms with Crippen LogP contribution >= 0.6 is 0 Å². The van der Waals surface area contributed by atoms with Crippen LogP contribution in [0.3, 0.4) is 0 Å². The molecule has 20 heavy (non-hydrogen) atoms. The van der Waals surface area contributed by atoms with Gasteiger partial charge in [-0.05, 0) is 61.2 Å². The largest absolute Gasteiger partial charge is 0.313 e. The highest BCUT2D eigenvalue weighted by Gasteiger charge is 2.42. The van der Waals surface area contributed by atoms with Gasteiger partial charge in [0.2, 0.25) is 0 Å². The Bertz CT molecular complexity index is 289. The van der Waals surface area contributed by atoms with Crippen molar-refractivity contribution >= 4 is 0 Å². The zero-order valence-corrected chi connectivity index (χ0v) is 14.6. The van der Waals surface area contributed by atoms with Gasteiger partial charge in [-0.25, -0.2) is 0 Å². The van der Waals surface area contributed by atoms with Gasteiger partial charge in [0.15, 0.2) is 0 Å². The second-order valence-corrected chi connectivity index (χ2v) is 8.85. The number of hydrogen-bond acceptors (Lipinski definition) is 1. The summed E-state index contributed by atoms with van der Waals surface area (Å²) in [6.45, 7) is 13.5. The van der Waals surface area contributed by atoms with Crippen molar-refractivity contribution < 1.29 is 0 Å². The molecule has 0 aromatic carbocycles. The molecular weight excluding hydrogens is 242 g/mol. The van der Waals surface area contributed by atoms with E-state index in [4.69, 9.17) is 0 Å². The first kappa shape index (κ1) is 16.3. The van der Waals surface area contributed by atoms with Gasteiger partial charge in [0.25, 0.3) is 0 Å². The fraction of sp³-hybridized carbons (Fsp3) is 1.00. The monoisotopic (exact) mass is 279 g/mol. The summed E-state index contributed by atoms with van der Waals surface area (Å²) < 4.78 is 0. The van der Waals surface area contributed by atoms with Crippen molar-refractivity contribution in [3.05, 3.63) is 0 Å². The van der Waals surface area contributed by atoms with Crippen molar-refractivity contribution in [2.24, 2.45) is 22.7 Å². The summed E-state index contributed by atoms with van der Waals surface area (Å²) in [4.78, 5) is 0. The van der Waals surface area contributed by atoms with E-state index in [0.717, 1.165) is 17.9 Å². The lowest BCUT2D eigenvalue weighted by Crippen LogP contribution is -2.44. The average molecular weight is 280 g/mol. The van der Waals surface area contributed by atoms with Crippen LogP contribution in [0.2, 0.25) is 0 Å². The van der Waals surface area contributed by atoms with E-state index >= 15 is 0 Å². The lowest BCUT2D eigenvalue weighted by Gasteiger charge is -2.47. The summed E-state index contributed by atoms with van der Waals surface area (Å²) in [5.74, 6) is 1.82. The van der Waals surface area contributed by atoms with Gasteiger partial charge in [-0.15, -0.1) is 0 Å². The third kappa shape index (κ3) is 4.00. The van der Waals surface area contributed by atoms with Gasteiger partial charge in [0.1, 0.15) is 0 Å². The minimum absolute atomic E-state index is 0.504. The lowest BCUT2D eigenvalue weighted by molar-refractivity contribution is 0.0410. The molecule has 2 rings (SSSR count). The van der Waals surface area contributed by atoms with Crippen molar-refractivity contribution in [2.75, 3.05) is 6.54 Å². The summed E-state index contributed by atoms with van der Waals surface area (Å²) in [7, 11) is 0. The Morgan fingerprint density at radius 1 is 1.10 bits per heavy atom. The first-order valence-electron chi connectivity index (χ1n) is 9.11. The SMILES string of the molecule is CCCC(C)C1(CNC2CC2)CCC(C(C)(C)C)CC1. The summed E-state index contributed by atoms with van der Waals surface area (Å²) in [5, 5.41) is 3.86. The standard InChI is InChI=1S/C19H37N/c1-6-7-15(2)19(14-20-17-8-9-17)12-10-16(11-13-19)18(3,4)5/h15-17,20H,6-14H2,1-5H3. The third-order valence-corrected chi connectivity index (χ3v) is 6.29. The zero-order chi connectivity index (χ0) is 14.8. The quantitative estimate of drug-likeness (QED) is 0.686. The molecule has 0 radical (unpaired) electrons. The van der Waals surface area contributed by atoms with E-state index in [1.54, 1.807) is 0 Å². The van der Waals surface area contributed by atoms with Crippen LogP contribution in [0, 0.1) is 22.7 Å². The fourth-order valence-corrected chi connectivity index (χ4v) is 4.28. The highest BCUT2D eigenvalue weighted by molar-refractivity contribution is 4.95. The van der Waals surface area contributed by atoms with E-state index < -0.39 is 0 Å².